The molecule has 5 nitrogen and oxygen atoms in total. The number of sulfonamides is 1. The number of rotatable bonds is 3. The normalized spacial score (nSPS) is 17.9. The fourth-order valence-electron chi connectivity index (χ4n) is 1.81. The van der Waals surface area contributed by atoms with Crippen molar-refractivity contribution in [2.24, 2.45) is 5.73 Å². The van der Waals surface area contributed by atoms with Crippen molar-refractivity contribution in [3.05, 3.63) is 28.2 Å². The number of nitrogens with zero attached hydrogens (tertiary/aromatic N) is 1. The molecule has 2 N–H and O–H groups in total. The lowest BCUT2D eigenvalue weighted by atomic mass is 10.2. The Bertz CT molecular complexity index is 527. The van der Waals surface area contributed by atoms with Crippen LogP contribution >= 0.6 is 15.9 Å². The maximum absolute atomic E-state index is 12.4. The van der Waals surface area contributed by atoms with Crippen LogP contribution in [0.5, 0.6) is 0 Å². The molecule has 1 fully saturated rings. The van der Waals surface area contributed by atoms with Crippen LogP contribution in [0.15, 0.2) is 27.6 Å². The molecular weight excluding hydrogens is 320 g/mol. The lowest BCUT2D eigenvalue weighted by Gasteiger charge is -2.26. The van der Waals surface area contributed by atoms with E-state index in [1.807, 2.05) is 0 Å². The summed E-state index contributed by atoms with van der Waals surface area (Å²) in [7, 11) is -3.45. The number of hydrogen-bond acceptors (Lipinski definition) is 4. The highest BCUT2D eigenvalue weighted by Crippen LogP contribution is 2.26. The Morgan fingerprint density at radius 2 is 2.00 bits per heavy atom. The number of ether oxygens (including phenoxy) is 1. The van der Waals surface area contributed by atoms with Gasteiger partial charge in [-0.2, -0.15) is 4.31 Å². The van der Waals surface area contributed by atoms with Gasteiger partial charge in [0.2, 0.25) is 10.0 Å². The Morgan fingerprint density at radius 3 is 2.56 bits per heavy atom. The van der Waals surface area contributed by atoms with E-state index in [0.717, 1.165) is 5.56 Å². The van der Waals surface area contributed by atoms with Gasteiger partial charge in [-0.15, -0.1) is 0 Å². The molecule has 100 valence electrons. The largest absolute Gasteiger partial charge is 0.379 e. The van der Waals surface area contributed by atoms with Crippen molar-refractivity contribution in [2.45, 2.75) is 11.4 Å². The number of halogens is 1. The van der Waals surface area contributed by atoms with Gasteiger partial charge in [-0.05, 0) is 33.6 Å². The predicted molar refractivity (Wildman–Crippen MR) is 71.6 cm³/mol. The summed E-state index contributed by atoms with van der Waals surface area (Å²) in [5.74, 6) is 0. The zero-order chi connectivity index (χ0) is 13.2. The summed E-state index contributed by atoms with van der Waals surface area (Å²) in [6.45, 7) is 2.06. The van der Waals surface area contributed by atoms with Crippen LogP contribution in [0.2, 0.25) is 0 Å². The second kappa shape index (κ2) is 5.66. The molecule has 7 heteroatoms. The average Bonchev–Trinajstić information content (AvgIpc) is 2.39. The van der Waals surface area contributed by atoms with Crippen LogP contribution in [0.3, 0.4) is 0 Å². The van der Waals surface area contributed by atoms with Gasteiger partial charge in [-0.1, -0.05) is 6.07 Å². The van der Waals surface area contributed by atoms with E-state index < -0.39 is 10.0 Å². The second-order valence-corrected chi connectivity index (χ2v) is 6.75. The summed E-state index contributed by atoms with van der Waals surface area (Å²) in [4.78, 5) is 0.279. The van der Waals surface area contributed by atoms with Gasteiger partial charge < -0.3 is 10.5 Å². The van der Waals surface area contributed by atoms with Gasteiger partial charge in [0.15, 0.2) is 0 Å². The molecule has 0 bridgehead atoms. The smallest absolute Gasteiger partial charge is 0.244 e. The molecule has 0 aliphatic carbocycles. The molecule has 0 unspecified atom stereocenters. The predicted octanol–water partition coefficient (Wildman–Crippen LogP) is 0.929. The summed E-state index contributed by atoms with van der Waals surface area (Å²) in [6.07, 6.45) is 0. The molecule has 1 aromatic rings. The first-order valence-electron chi connectivity index (χ1n) is 5.62. The molecule has 0 aromatic heterocycles. The minimum absolute atomic E-state index is 0.279. The van der Waals surface area contributed by atoms with Crippen LogP contribution in [-0.2, 0) is 21.3 Å². The number of hydrogen-bond donors (Lipinski definition) is 1. The van der Waals surface area contributed by atoms with Crippen molar-refractivity contribution >= 4 is 26.0 Å². The molecule has 1 saturated heterocycles. The Labute approximate surface area is 115 Å². The maximum atomic E-state index is 12.4. The van der Waals surface area contributed by atoms with Crippen molar-refractivity contribution in [2.75, 3.05) is 26.3 Å². The Balaban J connectivity index is 2.34. The van der Waals surface area contributed by atoms with Crippen LogP contribution in [-0.4, -0.2) is 39.0 Å². The lowest BCUT2D eigenvalue weighted by molar-refractivity contribution is 0.0730. The Hall–Kier alpha value is -0.470. The molecule has 1 heterocycles. The summed E-state index contributed by atoms with van der Waals surface area (Å²) < 4.78 is 32.0. The third-order valence-electron chi connectivity index (χ3n) is 2.82. The van der Waals surface area contributed by atoms with Crippen molar-refractivity contribution in [1.29, 1.82) is 0 Å². The van der Waals surface area contributed by atoms with Gasteiger partial charge in [0.05, 0.1) is 18.1 Å². The monoisotopic (exact) mass is 334 g/mol. The van der Waals surface area contributed by atoms with E-state index in [9.17, 15) is 8.42 Å². The van der Waals surface area contributed by atoms with Crippen LogP contribution < -0.4 is 5.73 Å². The third-order valence-corrected chi connectivity index (χ3v) is 5.70. The highest BCUT2D eigenvalue weighted by Gasteiger charge is 2.27. The minimum atomic E-state index is -3.45. The number of nitrogens with two attached hydrogens (primary N) is 1. The highest BCUT2D eigenvalue weighted by molar-refractivity contribution is 9.10. The molecule has 0 atom stereocenters. The molecule has 18 heavy (non-hydrogen) atoms. The molecule has 0 radical (unpaired) electrons. The zero-order valence-electron chi connectivity index (χ0n) is 9.80. The molecule has 2 rings (SSSR count). The first kappa shape index (κ1) is 14.0. The highest BCUT2D eigenvalue weighted by atomic mass is 79.9. The SMILES string of the molecule is NCc1ccc(S(=O)(=O)N2CCOCC2)c(Br)c1. The fourth-order valence-corrected chi connectivity index (χ4v) is 4.30. The van der Waals surface area contributed by atoms with Crippen molar-refractivity contribution < 1.29 is 13.2 Å². The fraction of sp³-hybridized carbons (Fsp3) is 0.455. The molecule has 0 amide bonds. The third kappa shape index (κ3) is 2.75. The van der Waals surface area contributed by atoms with Crippen LogP contribution in [0.4, 0.5) is 0 Å². The quantitative estimate of drug-likeness (QED) is 0.892. The van der Waals surface area contributed by atoms with Gasteiger partial charge in [0.25, 0.3) is 0 Å². The first-order valence-corrected chi connectivity index (χ1v) is 7.85. The van der Waals surface area contributed by atoms with Crippen molar-refractivity contribution in [3.8, 4) is 0 Å². The summed E-state index contributed by atoms with van der Waals surface area (Å²) in [6, 6.07) is 5.07. The topological polar surface area (TPSA) is 72.6 Å². The van der Waals surface area contributed by atoms with Crippen molar-refractivity contribution in [1.82, 2.24) is 4.31 Å². The van der Waals surface area contributed by atoms with Gasteiger partial charge in [0.1, 0.15) is 0 Å². The lowest BCUT2D eigenvalue weighted by Crippen LogP contribution is -2.40. The van der Waals surface area contributed by atoms with Crippen LogP contribution in [0, 0.1) is 0 Å². The average molecular weight is 335 g/mol. The van der Waals surface area contributed by atoms with Gasteiger partial charge in [-0.3, -0.25) is 0 Å². The minimum Gasteiger partial charge on any atom is -0.379 e. The van der Waals surface area contributed by atoms with Crippen molar-refractivity contribution in [3.63, 3.8) is 0 Å². The van der Waals surface area contributed by atoms with E-state index in [2.05, 4.69) is 15.9 Å². The first-order chi connectivity index (χ1) is 8.55. The van der Waals surface area contributed by atoms with E-state index in [-0.39, 0.29) is 4.90 Å². The van der Waals surface area contributed by atoms with E-state index >= 15 is 0 Å². The van der Waals surface area contributed by atoms with Gasteiger partial charge >= 0.3 is 0 Å². The number of benzene rings is 1. The standard InChI is InChI=1S/C11H15BrN2O3S/c12-10-7-9(8-13)1-2-11(10)18(15,16)14-3-5-17-6-4-14/h1-2,7H,3-6,8,13H2. The molecule has 0 saturated carbocycles. The second-order valence-electron chi connectivity index (χ2n) is 3.99. The van der Waals surface area contributed by atoms with E-state index in [4.69, 9.17) is 10.5 Å². The van der Waals surface area contributed by atoms with E-state index in [1.54, 1.807) is 18.2 Å². The maximum Gasteiger partial charge on any atom is 0.244 e. The molecule has 1 aliphatic heterocycles. The Morgan fingerprint density at radius 1 is 1.33 bits per heavy atom. The summed E-state index contributed by atoms with van der Waals surface area (Å²) in [5.41, 5.74) is 6.41. The molecule has 1 aromatic carbocycles. The number of morpholine rings is 1. The molecule has 1 aliphatic rings. The zero-order valence-corrected chi connectivity index (χ0v) is 12.2. The van der Waals surface area contributed by atoms with Crippen LogP contribution in [0.25, 0.3) is 0 Å². The summed E-state index contributed by atoms with van der Waals surface area (Å²) in [5, 5.41) is 0. The van der Waals surface area contributed by atoms with E-state index in [1.165, 1.54) is 4.31 Å². The van der Waals surface area contributed by atoms with Gasteiger partial charge in [0, 0.05) is 24.1 Å². The van der Waals surface area contributed by atoms with E-state index in [0.29, 0.717) is 37.3 Å². The Kier molecular flexibility index (Phi) is 4.39. The van der Waals surface area contributed by atoms with Crippen LogP contribution in [0.1, 0.15) is 5.56 Å². The molecule has 0 spiro atoms. The van der Waals surface area contributed by atoms with Gasteiger partial charge in [-0.25, -0.2) is 8.42 Å². The summed E-state index contributed by atoms with van der Waals surface area (Å²) >= 11 is 3.30. The molecular formula is C11H15BrN2O3S.